The first-order valence-electron chi connectivity index (χ1n) is 7.52. The highest BCUT2D eigenvalue weighted by atomic mass is 32.2. The van der Waals surface area contributed by atoms with Crippen LogP contribution in [0.4, 0.5) is 0 Å². The molecule has 0 saturated heterocycles. The van der Waals surface area contributed by atoms with Gasteiger partial charge in [0.05, 0.1) is 0 Å². The summed E-state index contributed by atoms with van der Waals surface area (Å²) < 4.78 is 0. The molecule has 1 unspecified atom stereocenters. The van der Waals surface area contributed by atoms with Gasteiger partial charge in [0.15, 0.2) is 0 Å². The number of benzene rings is 2. The molecular formula is C19H25NS. The molecule has 0 fully saturated rings. The third-order valence-corrected chi connectivity index (χ3v) is 5.37. The fourth-order valence-electron chi connectivity index (χ4n) is 2.57. The number of thioether (sulfide) groups is 1. The third-order valence-electron chi connectivity index (χ3n) is 4.04. The van der Waals surface area contributed by atoms with Gasteiger partial charge >= 0.3 is 0 Å². The van der Waals surface area contributed by atoms with Crippen LogP contribution in [0.2, 0.25) is 0 Å². The number of nitrogens with one attached hydrogen (secondary N) is 1. The summed E-state index contributed by atoms with van der Waals surface area (Å²) in [6.45, 7) is 6.61. The van der Waals surface area contributed by atoms with Gasteiger partial charge in [0.25, 0.3) is 0 Å². The minimum Gasteiger partial charge on any atom is -0.316 e. The molecule has 0 saturated carbocycles. The first-order valence-corrected chi connectivity index (χ1v) is 8.51. The smallest absolute Gasteiger partial charge is 0.0199 e. The quantitative estimate of drug-likeness (QED) is 0.786. The standard InChI is InChI=1S/C19H25NS/c1-14-9-7-10-15(2)18(14)12-17(20-4)13-21-19-11-6-5-8-16(19)3/h5-11,17,20H,12-13H2,1-4H3. The fourth-order valence-corrected chi connectivity index (χ4v) is 3.71. The van der Waals surface area contributed by atoms with E-state index in [0.29, 0.717) is 6.04 Å². The summed E-state index contributed by atoms with van der Waals surface area (Å²) >= 11 is 1.95. The van der Waals surface area contributed by atoms with Crippen LogP contribution in [0.5, 0.6) is 0 Å². The van der Waals surface area contributed by atoms with Gasteiger partial charge in [-0.25, -0.2) is 0 Å². The van der Waals surface area contributed by atoms with E-state index in [1.807, 2.05) is 11.8 Å². The highest BCUT2D eigenvalue weighted by molar-refractivity contribution is 7.99. The molecule has 0 radical (unpaired) electrons. The van der Waals surface area contributed by atoms with E-state index in [9.17, 15) is 0 Å². The van der Waals surface area contributed by atoms with E-state index in [0.717, 1.165) is 12.2 Å². The zero-order chi connectivity index (χ0) is 15.2. The summed E-state index contributed by atoms with van der Waals surface area (Å²) in [4.78, 5) is 1.39. The summed E-state index contributed by atoms with van der Waals surface area (Å²) in [7, 11) is 2.07. The van der Waals surface area contributed by atoms with Crippen LogP contribution in [0.1, 0.15) is 22.3 Å². The van der Waals surface area contributed by atoms with Gasteiger partial charge in [-0.2, -0.15) is 0 Å². The summed E-state index contributed by atoms with van der Waals surface area (Å²) in [5, 5.41) is 3.47. The Morgan fingerprint density at radius 1 is 0.905 bits per heavy atom. The van der Waals surface area contributed by atoms with E-state index >= 15 is 0 Å². The molecule has 0 aliphatic rings. The van der Waals surface area contributed by atoms with Gasteiger partial charge in [-0.1, -0.05) is 36.4 Å². The monoisotopic (exact) mass is 299 g/mol. The summed E-state index contributed by atoms with van der Waals surface area (Å²) in [5.74, 6) is 1.09. The van der Waals surface area contributed by atoms with Crippen molar-refractivity contribution >= 4 is 11.8 Å². The predicted molar refractivity (Wildman–Crippen MR) is 94.4 cm³/mol. The van der Waals surface area contributed by atoms with Crippen molar-refractivity contribution in [1.82, 2.24) is 5.32 Å². The molecule has 2 aromatic carbocycles. The molecule has 2 heteroatoms. The average molecular weight is 299 g/mol. The Morgan fingerprint density at radius 3 is 2.14 bits per heavy atom. The predicted octanol–water partition coefficient (Wildman–Crippen LogP) is 4.53. The van der Waals surface area contributed by atoms with Crippen LogP contribution in [0.15, 0.2) is 47.4 Å². The number of hydrogen-bond acceptors (Lipinski definition) is 2. The van der Waals surface area contributed by atoms with Crippen LogP contribution in [0, 0.1) is 20.8 Å². The van der Waals surface area contributed by atoms with Gasteiger partial charge in [-0.05, 0) is 62.6 Å². The largest absolute Gasteiger partial charge is 0.316 e. The Bertz CT molecular complexity index is 572. The molecule has 1 N–H and O–H groups in total. The second kappa shape index (κ2) is 7.67. The SMILES string of the molecule is CNC(CSc1ccccc1C)Cc1c(C)cccc1C. The molecule has 0 heterocycles. The molecule has 0 aliphatic carbocycles. The minimum absolute atomic E-state index is 0.495. The van der Waals surface area contributed by atoms with Crippen molar-refractivity contribution < 1.29 is 0 Å². The fraction of sp³-hybridized carbons (Fsp3) is 0.368. The van der Waals surface area contributed by atoms with Crippen LogP contribution < -0.4 is 5.32 Å². The van der Waals surface area contributed by atoms with E-state index in [1.165, 1.54) is 27.1 Å². The Hall–Kier alpha value is -1.25. The van der Waals surface area contributed by atoms with Crippen molar-refractivity contribution in [1.29, 1.82) is 0 Å². The first kappa shape index (κ1) is 16.1. The third kappa shape index (κ3) is 4.36. The highest BCUT2D eigenvalue weighted by Crippen LogP contribution is 2.24. The molecule has 0 aromatic heterocycles. The van der Waals surface area contributed by atoms with Gasteiger partial charge in [0.2, 0.25) is 0 Å². The maximum atomic E-state index is 3.47. The zero-order valence-electron chi connectivity index (χ0n) is 13.4. The van der Waals surface area contributed by atoms with Gasteiger partial charge in [-0.3, -0.25) is 0 Å². The van der Waals surface area contributed by atoms with Crippen molar-refractivity contribution in [2.45, 2.75) is 38.1 Å². The second-order valence-corrected chi connectivity index (χ2v) is 6.70. The Kier molecular flexibility index (Phi) is 5.89. The highest BCUT2D eigenvalue weighted by Gasteiger charge is 2.12. The molecule has 112 valence electrons. The van der Waals surface area contributed by atoms with Crippen LogP contribution in [0.3, 0.4) is 0 Å². The van der Waals surface area contributed by atoms with Gasteiger partial charge in [-0.15, -0.1) is 11.8 Å². The molecule has 0 aliphatic heterocycles. The molecule has 1 nitrogen and oxygen atoms in total. The van der Waals surface area contributed by atoms with Crippen molar-refractivity contribution in [3.8, 4) is 0 Å². The van der Waals surface area contributed by atoms with Crippen molar-refractivity contribution in [3.63, 3.8) is 0 Å². The second-order valence-electron chi connectivity index (χ2n) is 5.64. The molecule has 0 amide bonds. The lowest BCUT2D eigenvalue weighted by molar-refractivity contribution is 0.614. The molecule has 2 aromatic rings. The molecule has 0 spiro atoms. The van der Waals surface area contributed by atoms with E-state index in [4.69, 9.17) is 0 Å². The lowest BCUT2D eigenvalue weighted by atomic mass is 9.97. The maximum Gasteiger partial charge on any atom is 0.0199 e. The Balaban J connectivity index is 2.02. The lowest BCUT2D eigenvalue weighted by Gasteiger charge is -2.19. The molecular weight excluding hydrogens is 274 g/mol. The van der Waals surface area contributed by atoms with Crippen LogP contribution in [-0.4, -0.2) is 18.8 Å². The maximum absolute atomic E-state index is 3.47. The van der Waals surface area contributed by atoms with E-state index in [-0.39, 0.29) is 0 Å². The van der Waals surface area contributed by atoms with E-state index < -0.39 is 0 Å². The molecule has 1 atom stereocenters. The van der Waals surface area contributed by atoms with E-state index in [2.05, 4.69) is 75.6 Å². The van der Waals surface area contributed by atoms with Crippen LogP contribution in [-0.2, 0) is 6.42 Å². The number of likely N-dealkylation sites (N-methyl/N-ethyl adjacent to an activating group) is 1. The van der Waals surface area contributed by atoms with Gasteiger partial charge in [0, 0.05) is 16.7 Å². The van der Waals surface area contributed by atoms with E-state index in [1.54, 1.807) is 0 Å². The average Bonchev–Trinajstić information content (AvgIpc) is 2.48. The van der Waals surface area contributed by atoms with Gasteiger partial charge < -0.3 is 5.32 Å². The molecule has 2 rings (SSSR count). The number of hydrogen-bond donors (Lipinski definition) is 1. The summed E-state index contributed by atoms with van der Waals surface area (Å²) in [6.07, 6.45) is 1.09. The first-order chi connectivity index (χ1) is 10.1. The van der Waals surface area contributed by atoms with Crippen molar-refractivity contribution in [2.24, 2.45) is 0 Å². The number of aryl methyl sites for hydroxylation is 3. The molecule has 21 heavy (non-hydrogen) atoms. The minimum atomic E-state index is 0.495. The normalized spacial score (nSPS) is 12.4. The van der Waals surface area contributed by atoms with Crippen LogP contribution in [0.25, 0.3) is 0 Å². The summed E-state index contributed by atoms with van der Waals surface area (Å²) in [6, 6.07) is 15.7. The van der Waals surface area contributed by atoms with Crippen LogP contribution >= 0.6 is 11.8 Å². The number of rotatable bonds is 6. The van der Waals surface area contributed by atoms with Crippen molar-refractivity contribution in [3.05, 3.63) is 64.7 Å². The topological polar surface area (TPSA) is 12.0 Å². The van der Waals surface area contributed by atoms with Crippen molar-refractivity contribution in [2.75, 3.05) is 12.8 Å². The zero-order valence-corrected chi connectivity index (χ0v) is 14.3. The molecule has 0 bridgehead atoms. The lowest BCUT2D eigenvalue weighted by Crippen LogP contribution is -2.30. The summed E-state index contributed by atoms with van der Waals surface area (Å²) in [5.41, 5.74) is 5.65. The Labute approximate surface area is 133 Å². The van der Waals surface area contributed by atoms with Gasteiger partial charge in [0.1, 0.15) is 0 Å². The Morgan fingerprint density at radius 2 is 1.52 bits per heavy atom.